The van der Waals surface area contributed by atoms with E-state index in [0.717, 1.165) is 18.4 Å². The summed E-state index contributed by atoms with van der Waals surface area (Å²) in [6.07, 6.45) is -0.709. The molecule has 0 N–H and O–H groups in total. The summed E-state index contributed by atoms with van der Waals surface area (Å²) in [5.74, 6) is -0.945. The summed E-state index contributed by atoms with van der Waals surface area (Å²) < 4.78 is 55.4. The number of ether oxygens (including phenoxy) is 4. The van der Waals surface area contributed by atoms with E-state index in [9.17, 15) is 9.36 Å². The molecule has 0 radical (unpaired) electrons. The van der Waals surface area contributed by atoms with Crippen LogP contribution < -0.4 is 0 Å². The first-order valence-corrected chi connectivity index (χ1v) is 15.2. The lowest BCUT2D eigenvalue weighted by Gasteiger charge is -2.48. The summed E-state index contributed by atoms with van der Waals surface area (Å²) in [4.78, 5) is 13.1. The van der Waals surface area contributed by atoms with Crippen molar-refractivity contribution in [1.82, 2.24) is 0 Å². The molecule has 9 nitrogen and oxygen atoms in total. The van der Waals surface area contributed by atoms with Gasteiger partial charge in [0.25, 0.3) is 0 Å². The Labute approximate surface area is 230 Å². The van der Waals surface area contributed by atoms with Crippen molar-refractivity contribution in [2.75, 3.05) is 19.8 Å². The molecular formula is C29H39O9P. The summed E-state index contributed by atoms with van der Waals surface area (Å²) >= 11 is 0. The van der Waals surface area contributed by atoms with Crippen molar-refractivity contribution in [1.29, 1.82) is 0 Å². The molecule has 0 saturated carbocycles. The van der Waals surface area contributed by atoms with Crippen LogP contribution in [0, 0.1) is 5.92 Å². The van der Waals surface area contributed by atoms with E-state index in [1.165, 1.54) is 0 Å². The number of carbonyl (C=O) groups is 1. The maximum absolute atomic E-state index is 13.7. The third-order valence-electron chi connectivity index (χ3n) is 6.72. The molecule has 4 rings (SSSR count). The van der Waals surface area contributed by atoms with Crippen molar-refractivity contribution >= 4 is 13.8 Å². The van der Waals surface area contributed by atoms with Crippen LogP contribution in [0.5, 0.6) is 0 Å². The van der Waals surface area contributed by atoms with Crippen LogP contribution in [0.15, 0.2) is 60.7 Å². The molecule has 0 aromatic heterocycles. The minimum Gasteiger partial charge on any atom is -0.453 e. The van der Waals surface area contributed by atoms with Crippen molar-refractivity contribution in [2.24, 2.45) is 5.92 Å². The third-order valence-corrected chi connectivity index (χ3v) is 8.19. The van der Waals surface area contributed by atoms with E-state index in [-0.39, 0.29) is 19.8 Å². The molecule has 2 heterocycles. The SMILES string of the molecule is CCCCOP(=O)(OCCCC)OC1OC2COC(c3ccccc3)O[C@H]2[C@H](C)C1OC(=O)c1ccccc1. The zero-order chi connectivity index (χ0) is 27.7. The van der Waals surface area contributed by atoms with Crippen LogP contribution in [0.2, 0.25) is 0 Å². The molecule has 0 bridgehead atoms. The van der Waals surface area contributed by atoms with Gasteiger partial charge in [-0.3, -0.25) is 13.6 Å². The van der Waals surface area contributed by atoms with E-state index in [2.05, 4.69) is 0 Å². The van der Waals surface area contributed by atoms with E-state index < -0.39 is 50.6 Å². The van der Waals surface area contributed by atoms with Gasteiger partial charge < -0.3 is 18.9 Å². The van der Waals surface area contributed by atoms with Crippen LogP contribution in [-0.2, 0) is 37.1 Å². The molecule has 2 aromatic carbocycles. The molecule has 10 heteroatoms. The van der Waals surface area contributed by atoms with Crippen molar-refractivity contribution in [3.8, 4) is 0 Å². The van der Waals surface area contributed by atoms with Crippen LogP contribution in [0.3, 0.4) is 0 Å². The Morgan fingerprint density at radius 3 is 2.15 bits per heavy atom. The molecule has 2 aliphatic rings. The van der Waals surface area contributed by atoms with Gasteiger partial charge >= 0.3 is 13.8 Å². The number of esters is 1. The first-order chi connectivity index (χ1) is 18.9. The number of fused-ring (bicyclic) bond motifs is 1. The van der Waals surface area contributed by atoms with Crippen LogP contribution in [-0.4, -0.2) is 50.4 Å². The number of benzene rings is 2. The Morgan fingerprint density at radius 1 is 0.923 bits per heavy atom. The van der Waals surface area contributed by atoms with Gasteiger partial charge in [-0.05, 0) is 25.0 Å². The largest absolute Gasteiger partial charge is 0.477 e. The van der Waals surface area contributed by atoms with Crippen LogP contribution in [0.4, 0.5) is 0 Å². The lowest BCUT2D eigenvalue weighted by Crippen LogP contribution is -2.59. The topological polar surface area (TPSA) is 98.8 Å². The molecular weight excluding hydrogens is 523 g/mol. The summed E-state index contributed by atoms with van der Waals surface area (Å²) in [5.41, 5.74) is 1.25. The van der Waals surface area contributed by atoms with E-state index in [1.807, 2.05) is 57.2 Å². The fourth-order valence-electron chi connectivity index (χ4n) is 4.48. The van der Waals surface area contributed by atoms with Gasteiger partial charge in [0.2, 0.25) is 6.29 Å². The van der Waals surface area contributed by atoms with Crippen molar-refractivity contribution in [3.63, 3.8) is 0 Å². The van der Waals surface area contributed by atoms with Gasteiger partial charge in [0.1, 0.15) is 6.10 Å². The normalized spacial score (nSPS) is 27.1. The maximum Gasteiger partial charge on any atom is 0.477 e. The average Bonchev–Trinajstić information content (AvgIpc) is 2.96. The zero-order valence-corrected chi connectivity index (χ0v) is 23.7. The number of rotatable bonds is 13. The highest BCUT2D eigenvalue weighted by atomic mass is 31.2. The van der Waals surface area contributed by atoms with E-state index in [1.54, 1.807) is 24.3 Å². The van der Waals surface area contributed by atoms with Crippen molar-refractivity contribution < 1.29 is 41.9 Å². The quantitative estimate of drug-likeness (QED) is 0.155. The summed E-state index contributed by atoms with van der Waals surface area (Å²) in [5, 5.41) is 0. The molecule has 2 saturated heterocycles. The molecule has 214 valence electrons. The highest BCUT2D eigenvalue weighted by Crippen LogP contribution is 2.53. The number of carbonyl (C=O) groups excluding carboxylic acids is 1. The number of phosphoric ester groups is 1. The standard InChI is InChI=1S/C29H39O9P/c1-4-6-18-33-39(31,34-19-7-5-2)38-29-26(36-27(30)22-14-10-8-11-15-22)21(3)25-24(35-29)20-32-28(37-25)23-16-12-9-13-17-23/h8-17,21,24-26,28-29H,4-7,18-20H2,1-3H3/t21-,24?,25-,26?,28?,29?/m0/s1. The van der Waals surface area contributed by atoms with E-state index in [4.69, 9.17) is 32.5 Å². The van der Waals surface area contributed by atoms with Crippen LogP contribution in [0.1, 0.15) is 68.7 Å². The Bertz CT molecular complexity index is 1050. The second-order valence-corrected chi connectivity index (χ2v) is 11.4. The zero-order valence-electron chi connectivity index (χ0n) is 22.8. The fraction of sp³-hybridized carbons (Fsp3) is 0.552. The van der Waals surface area contributed by atoms with Crippen LogP contribution >= 0.6 is 7.82 Å². The minimum atomic E-state index is -4.03. The molecule has 4 unspecified atom stereocenters. The summed E-state index contributed by atoms with van der Waals surface area (Å²) in [6, 6.07) is 18.3. The Kier molecular flexibility index (Phi) is 11.1. The van der Waals surface area contributed by atoms with Gasteiger partial charge in [0.15, 0.2) is 12.4 Å². The molecule has 6 atom stereocenters. The Hall–Kier alpha value is -2.10. The highest BCUT2D eigenvalue weighted by molar-refractivity contribution is 7.48. The molecule has 2 fully saturated rings. The fourth-order valence-corrected chi connectivity index (χ4v) is 5.80. The summed E-state index contributed by atoms with van der Waals surface area (Å²) in [7, 11) is -4.03. The van der Waals surface area contributed by atoms with Gasteiger partial charge in [0, 0.05) is 11.5 Å². The molecule has 2 aromatic rings. The second kappa shape index (κ2) is 14.5. The summed E-state index contributed by atoms with van der Waals surface area (Å²) in [6.45, 7) is 6.52. The predicted molar refractivity (Wildman–Crippen MR) is 144 cm³/mol. The molecule has 0 aliphatic carbocycles. The average molecular weight is 563 g/mol. The molecule has 2 aliphatic heterocycles. The number of phosphoric acid groups is 1. The van der Waals surface area contributed by atoms with Gasteiger partial charge in [-0.25, -0.2) is 9.36 Å². The van der Waals surface area contributed by atoms with Gasteiger partial charge in [0.05, 0.1) is 31.5 Å². The number of hydrogen-bond acceptors (Lipinski definition) is 9. The minimum absolute atomic E-state index is 0.202. The van der Waals surface area contributed by atoms with Crippen molar-refractivity contribution in [2.45, 2.75) is 77.3 Å². The predicted octanol–water partition coefficient (Wildman–Crippen LogP) is 6.45. The maximum atomic E-state index is 13.7. The van der Waals surface area contributed by atoms with E-state index >= 15 is 0 Å². The molecule has 0 spiro atoms. The number of unbranched alkanes of at least 4 members (excludes halogenated alkanes) is 2. The Balaban J connectivity index is 1.56. The van der Waals surface area contributed by atoms with Crippen LogP contribution in [0.25, 0.3) is 0 Å². The lowest BCUT2D eigenvalue weighted by molar-refractivity contribution is -0.340. The molecule has 39 heavy (non-hydrogen) atoms. The number of hydrogen-bond donors (Lipinski definition) is 0. The lowest BCUT2D eigenvalue weighted by atomic mass is 9.89. The Morgan fingerprint density at radius 2 is 1.54 bits per heavy atom. The third kappa shape index (κ3) is 7.98. The van der Waals surface area contributed by atoms with Gasteiger partial charge in [-0.15, -0.1) is 0 Å². The van der Waals surface area contributed by atoms with Crippen molar-refractivity contribution in [3.05, 3.63) is 71.8 Å². The van der Waals surface area contributed by atoms with Gasteiger partial charge in [-0.1, -0.05) is 82.1 Å². The first-order valence-electron chi connectivity index (χ1n) is 13.7. The monoisotopic (exact) mass is 562 g/mol. The first kappa shape index (κ1) is 29.9. The second-order valence-electron chi connectivity index (χ2n) is 9.74. The molecule has 0 amide bonds. The highest BCUT2D eigenvalue weighted by Gasteiger charge is 2.52. The van der Waals surface area contributed by atoms with E-state index in [0.29, 0.717) is 18.4 Å². The van der Waals surface area contributed by atoms with Gasteiger partial charge in [-0.2, -0.15) is 0 Å². The smallest absolute Gasteiger partial charge is 0.453 e.